The van der Waals surface area contributed by atoms with Gasteiger partial charge < -0.3 is 14.6 Å². The molecule has 1 aromatic heterocycles. The average Bonchev–Trinajstić information content (AvgIpc) is 3.40. The van der Waals surface area contributed by atoms with E-state index < -0.39 is 11.8 Å². The number of aromatic nitrogens is 1. The fourth-order valence-electron chi connectivity index (χ4n) is 3.57. The Hall–Kier alpha value is -4.08. The van der Waals surface area contributed by atoms with Crippen molar-refractivity contribution in [2.75, 3.05) is 16.0 Å². The Labute approximate surface area is 215 Å². The van der Waals surface area contributed by atoms with Gasteiger partial charge in [0.2, 0.25) is 5.91 Å². The summed E-state index contributed by atoms with van der Waals surface area (Å²) in [7, 11) is 0. The lowest BCUT2D eigenvalue weighted by molar-refractivity contribution is -0.113. The molecular formula is C26H18ClN3O5S. The number of imide groups is 1. The molecule has 4 aromatic rings. The molecule has 1 aliphatic heterocycles. The summed E-state index contributed by atoms with van der Waals surface area (Å²) in [6.45, 7) is 1.68. The molecule has 0 atom stereocenters. The molecule has 1 aliphatic rings. The number of rotatable bonds is 7. The summed E-state index contributed by atoms with van der Waals surface area (Å²) in [5.41, 5.74) is 1.11. The summed E-state index contributed by atoms with van der Waals surface area (Å²) in [4.78, 5) is 39.7. The minimum Gasteiger partial charge on any atom is -0.457 e. The molecule has 36 heavy (non-hydrogen) atoms. The highest BCUT2D eigenvalue weighted by Gasteiger charge is 2.38. The van der Waals surface area contributed by atoms with Gasteiger partial charge in [-0.05, 0) is 73.7 Å². The molecule has 3 amide bonds. The number of thioether (sulfide) groups is 1. The molecule has 10 heteroatoms. The molecule has 0 aliphatic carbocycles. The second kappa shape index (κ2) is 9.88. The monoisotopic (exact) mass is 519 g/mol. The van der Waals surface area contributed by atoms with Crippen molar-refractivity contribution >= 4 is 52.6 Å². The van der Waals surface area contributed by atoms with Crippen molar-refractivity contribution in [3.05, 3.63) is 94.7 Å². The summed E-state index contributed by atoms with van der Waals surface area (Å²) >= 11 is 7.29. The normalized spacial score (nSPS) is 12.6. The van der Waals surface area contributed by atoms with Crippen LogP contribution in [0.4, 0.5) is 11.5 Å². The Morgan fingerprint density at radius 3 is 2.36 bits per heavy atom. The number of anilines is 2. The van der Waals surface area contributed by atoms with E-state index in [1.165, 1.54) is 23.9 Å². The first-order valence-corrected chi connectivity index (χ1v) is 12.2. The molecule has 0 fully saturated rings. The highest BCUT2D eigenvalue weighted by Crippen LogP contribution is 2.32. The Bertz CT molecular complexity index is 1470. The first kappa shape index (κ1) is 23.7. The third-order valence-electron chi connectivity index (χ3n) is 5.26. The van der Waals surface area contributed by atoms with E-state index in [9.17, 15) is 14.4 Å². The van der Waals surface area contributed by atoms with Crippen molar-refractivity contribution in [1.82, 2.24) is 5.16 Å². The van der Waals surface area contributed by atoms with Crippen molar-refractivity contribution in [2.45, 2.75) is 11.8 Å². The first-order valence-electron chi connectivity index (χ1n) is 10.8. The number of nitrogens with one attached hydrogen (secondary N) is 1. The van der Waals surface area contributed by atoms with E-state index >= 15 is 0 Å². The topological polar surface area (TPSA) is 102 Å². The molecular weight excluding hydrogens is 502 g/mol. The maximum absolute atomic E-state index is 12.8. The molecule has 0 unspecified atom stereocenters. The second-order valence-electron chi connectivity index (χ2n) is 7.87. The zero-order valence-corrected chi connectivity index (χ0v) is 20.4. The van der Waals surface area contributed by atoms with Gasteiger partial charge in [0.25, 0.3) is 11.8 Å². The summed E-state index contributed by atoms with van der Waals surface area (Å²) < 4.78 is 10.9. The molecule has 0 radical (unpaired) electrons. The van der Waals surface area contributed by atoms with Gasteiger partial charge in [-0.3, -0.25) is 14.4 Å². The minimum absolute atomic E-state index is 0.141. The molecule has 0 saturated heterocycles. The first-order chi connectivity index (χ1) is 17.4. The molecule has 3 aromatic carbocycles. The Kier molecular flexibility index (Phi) is 6.49. The molecule has 0 bridgehead atoms. The minimum atomic E-state index is -0.497. The van der Waals surface area contributed by atoms with E-state index in [1.807, 2.05) is 12.1 Å². The summed E-state index contributed by atoms with van der Waals surface area (Å²) in [6, 6.07) is 20.3. The van der Waals surface area contributed by atoms with Crippen LogP contribution >= 0.6 is 23.4 Å². The molecule has 180 valence electrons. The third-order valence-corrected chi connectivity index (χ3v) is 6.52. The molecule has 5 rings (SSSR count). The van der Waals surface area contributed by atoms with Crippen molar-refractivity contribution in [2.24, 2.45) is 0 Å². The van der Waals surface area contributed by atoms with E-state index in [1.54, 1.807) is 55.5 Å². The van der Waals surface area contributed by atoms with Crippen LogP contribution in [0.5, 0.6) is 11.5 Å². The maximum atomic E-state index is 12.8. The lowest BCUT2D eigenvalue weighted by atomic mass is 10.1. The predicted molar refractivity (Wildman–Crippen MR) is 136 cm³/mol. The number of hydrogen-bond donors (Lipinski definition) is 1. The van der Waals surface area contributed by atoms with Crippen molar-refractivity contribution in [3.63, 3.8) is 0 Å². The predicted octanol–water partition coefficient (Wildman–Crippen LogP) is 5.96. The van der Waals surface area contributed by atoms with E-state index in [-0.39, 0.29) is 28.6 Å². The van der Waals surface area contributed by atoms with Crippen LogP contribution in [0.1, 0.15) is 26.5 Å². The average molecular weight is 520 g/mol. The number of ether oxygens (including phenoxy) is 1. The number of hydrogen-bond acceptors (Lipinski definition) is 7. The van der Waals surface area contributed by atoms with Gasteiger partial charge >= 0.3 is 0 Å². The third kappa shape index (κ3) is 4.98. The van der Waals surface area contributed by atoms with E-state index in [4.69, 9.17) is 20.9 Å². The number of nitrogens with zero attached hydrogens (tertiary/aromatic N) is 2. The van der Waals surface area contributed by atoms with E-state index in [2.05, 4.69) is 10.5 Å². The fourth-order valence-corrected chi connectivity index (χ4v) is 4.39. The van der Waals surface area contributed by atoms with Crippen LogP contribution in [0.15, 0.2) is 82.2 Å². The van der Waals surface area contributed by atoms with Crippen molar-refractivity contribution in [3.8, 4) is 11.5 Å². The molecule has 1 N–H and O–H groups in total. The molecule has 0 saturated carbocycles. The number of benzene rings is 3. The molecule has 0 spiro atoms. The maximum Gasteiger partial charge on any atom is 0.267 e. The van der Waals surface area contributed by atoms with Gasteiger partial charge in [0.15, 0.2) is 5.82 Å². The Balaban J connectivity index is 1.21. The van der Waals surface area contributed by atoms with Crippen molar-refractivity contribution in [1.29, 1.82) is 0 Å². The highest BCUT2D eigenvalue weighted by atomic mass is 35.5. The second-order valence-corrected chi connectivity index (χ2v) is 9.35. The molecule has 2 heterocycles. The van der Waals surface area contributed by atoms with Crippen LogP contribution in [-0.4, -0.2) is 28.6 Å². The van der Waals surface area contributed by atoms with Gasteiger partial charge in [-0.25, -0.2) is 4.90 Å². The number of aryl methyl sites for hydroxylation is 1. The zero-order chi connectivity index (χ0) is 25.2. The standard InChI is InChI=1S/C26H18ClN3O5S/c1-15-12-23(29-35-15)30-25(32)21-11-8-19(13-22(21)26(30)33)34-18-6-4-17(5-7-18)28-24(31)14-36-20-9-2-16(27)3-10-20/h2-13H,14H2,1H3,(H,28,31). The van der Waals surface area contributed by atoms with Crippen LogP contribution in [0.2, 0.25) is 5.02 Å². The number of halogens is 1. The number of fused-ring (bicyclic) bond motifs is 1. The SMILES string of the molecule is Cc1cc(N2C(=O)c3ccc(Oc4ccc(NC(=O)CSc5ccc(Cl)cc5)cc4)cc3C2=O)no1. The van der Waals surface area contributed by atoms with E-state index in [0.717, 1.165) is 9.80 Å². The van der Waals surface area contributed by atoms with Crippen molar-refractivity contribution < 1.29 is 23.6 Å². The van der Waals surface area contributed by atoms with Crippen LogP contribution in [0.3, 0.4) is 0 Å². The molecule has 8 nitrogen and oxygen atoms in total. The number of amides is 3. The largest absolute Gasteiger partial charge is 0.457 e. The zero-order valence-electron chi connectivity index (χ0n) is 18.9. The quantitative estimate of drug-likeness (QED) is 0.237. The van der Waals surface area contributed by atoms with Gasteiger partial charge in [0.05, 0.1) is 16.9 Å². The van der Waals surface area contributed by atoms with Gasteiger partial charge in [0, 0.05) is 21.7 Å². The van der Waals surface area contributed by atoms with Gasteiger partial charge in [-0.15, -0.1) is 11.8 Å². The van der Waals surface area contributed by atoms with Crippen LogP contribution in [-0.2, 0) is 4.79 Å². The van der Waals surface area contributed by atoms with E-state index in [0.29, 0.717) is 28.0 Å². The summed E-state index contributed by atoms with van der Waals surface area (Å²) in [5, 5.41) is 7.26. The van der Waals surface area contributed by atoms with Crippen LogP contribution in [0, 0.1) is 6.92 Å². The number of carbonyl (C=O) groups is 3. The highest BCUT2D eigenvalue weighted by molar-refractivity contribution is 8.00. The van der Waals surface area contributed by atoms with Crippen LogP contribution in [0.25, 0.3) is 0 Å². The summed E-state index contributed by atoms with van der Waals surface area (Å²) in [5.74, 6) is 0.682. The van der Waals surface area contributed by atoms with Gasteiger partial charge in [-0.2, -0.15) is 0 Å². The van der Waals surface area contributed by atoms with Gasteiger partial charge in [0.1, 0.15) is 17.3 Å². The smallest absolute Gasteiger partial charge is 0.267 e. The van der Waals surface area contributed by atoms with Crippen LogP contribution < -0.4 is 15.0 Å². The van der Waals surface area contributed by atoms with Gasteiger partial charge in [-0.1, -0.05) is 16.8 Å². The number of carbonyl (C=O) groups excluding carboxylic acids is 3. The lowest BCUT2D eigenvalue weighted by Crippen LogP contribution is -2.29. The fraction of sp³-hybridized carbons (Fsp3) is 0.0769. The Morgan fingerprint density at radius 2 is 1.67 bits per heavy atom. The lowest BCUT2D eigenvalue weighted by Gasteiger charge is -2.09. The summed E-state index contributed by atoms with van der Waals surface area (Å²) in [6.07, 6.45) is 0. The Morgan fingerprint density at radius 1 is 0.972 bits per heavy atom.